The van der Waals surface area contributed by atoms with E-state index in [9.17, 15) is 0 Å². The normalized spacial score (nSPS) is 11.3. The van der Waals surface area contributed by atoms with Crippen LogP contribution in [0.4, 0.5) is 0 Å². The SMILES string of the molecule is CC(C)CCCCCCn1c(CO)n[nH]c1=S. The molecule has 98 valence electrons. The largest absolute Gasteiger partial charge is 0.388 e. The van der Waals surface area contributed by atoms with Crippen molar-refractivity contribution >= 4 is 12.2 Å². The molecule has 5 heteroatoms. The summed E-state index contributed by atoms with van der Waals surface area (Å²) in [5.41, 5.74) is 0. The number of hydrogen-bond acceptors (Lipinski definition) is 3. The second-order valence-corrected chi connectivity index (χ2v) is 5.24. The Morgan fingerprint density at radius 3 is 2.65 bits per heavy atom. The van der Waals surface area contributed by atoms with Crippen LogP contribution < -0.4 is 0 Å². The van der Waals surface area contributed by atoms with Crippen molar-refractivity contribution in [3.63, 3.8) is 0 Å². The van der Waals surface area contributed by atoms with Crippen LogP contribution in [-0.4, -0.2) is 19.9 Å². The summed E-state index contributed by atoms with van der Waals surface area (Å²) in [5.74, 6) is 1.44. The number of aliphatic hydroxyl groups excluding tert-OH is 1. The third-order valence-electron chi connectivity index (χ3n) is 2.89. The number of aromatic nitrogens is 3. The average molecular weight is 257 g/mol. The summed E-state index contributed by atoms with van der Waals surface area (Å²) in [7, 11) is 0. The first-order valence-corrected chi connectivity index (χ1v) is 6.81. The zero-order valence-electron chi connectivity index (χ0n) is 10.8. The van der Waals surface area contributed by atoms with Gasteiger partial charge in [0.1, 0.15) is 6.61 Å². The molecule has 0 saturated carbocycles. The highest BCUT2D eigenvalue weighted by atomic mass is 32.1. The maximum atomic E-state index is 9.08. The molecule has 0 atom stereocenters. The molecule has 1 aromatic rings. The van der Waals surface area contributed by atoms with Gasteiger partial charge in [-0.2, -0.15) is 5.10 Å². The second-order valence-electron chi connectivity index (χ2n) is 4.85. The number of aromatic amines is 1. The van der Waals surface area contributed by atoms with Gasteiger partial charge in [-0.15, -0.1) is 0 Å². The molecule has 0 saturated heterocycles. The number of rotatable bonds is 8. The molecule has 4 nitrogen and oxygen atoms in total. The van der Waals surface area contributed by atoms with Crippen LogP contribution in [0.15, 0.2) is 0 Å². The second kappa shape index (κ2) is 7.61. The van der Waals surface area contributed by atoms with E-state index >= 15 is 0 Å². The first-order chi connectivity index (χ1) is 8.15. The summed E-state index contributed by atoms with van der Waals surface area (Å²) < 4.78 is 2.49. The van der Waals surface area contributed by atoms with Gasteiger partial charge >= 0.3 is 0 Å². The van der Waals surface area contributed by atoms with E-state index in [1.165, 1.54) is 25.7 Å². The Bertz CT molecular complexity index is 370. The highest BCUT2D eigenvalue weighted by molar-refractivity contribution is 7.71. The van der Waals surface area contributed by atoms with Gasteiger partial charge in [0.25, 0.3) is 0 Å². The summed E-state index contributed by atoms with van der Waals surface area (Å²) in [6.07, 6.45) is 6.20. The number of nitrogens with one attached hydrogen (secondary N) is 1. The summed E-state index contributed by atoms with van der Waals surface area (Å²) in [4.78, 5) is 0. The Balaban J connectivity index is 2.22. The summed E-state index contributed by atoms with van der Waals surface area (Å²) in [5, 5.41) is 15.8. The van der Waals surface area contributed by atoms with Crippen LogP contribution in [0.5, 0.6) is 0 Å². The minimum atomic E-state index is -0.0551. The number of aliphatic hydroxyl groups is 1. The minimum absolute atomic E-state index is 0.0551. The minimum Gasteiger partial charge on any atom is -0.388 e. The molecule has 0 fully saturated rings. The van der Waals surface area contributed by atoms with Gasteiger partial charge < -0.3 is 9.67 Å². The van der Waals surface area contributed by atoms with Crippen molar-refractivity contribution in [2.24, 2.45) is 5.92 Å². The van der Waals surface area contributed by atoms with Gasteiger partial charge in [0.15, 0.2) is 10.6 Å². The summed E-state index contributed by atoms with van der Waals surface area (Å²) >= 11 is 5.11. The average Bonchev–Trinajstić information content (AvgIpc) is 2.64. The fourth-order valence-corrected chi connectivity index (χ4v) is 2.12. The van der Waals surface area contributed by atoms with Gasteiger partial charge in [-0.1, -0.05) is 39.5 Å². The zero-order chi connectivity index (χ0) is 12.7. The Kier molecular flexibility index (Phi) is 6.44. The van der Waals surface area contributed by atoms with E-state index < -0.39 is 0 Å². The molecule has 0 aliphatic rings. The van der Waals surface area contributed by atoms with Gasteiger partial charge in [-0.3, -0.25) is 5.10 Å². The monoisotopic (exact) mass is 257 g/mol. The molecular formula is C12H23N3OS. The standard InChI is InChI=1S/C12H23N3OS/c1-10(2)7-5-3-4-6-8-15-11(9-16)13-14-12(15)17/h10,16H,3-9H2,1-2H3,(H,14,17). The predicted octanol–water partition coefficient (Wildman–Crippen LogP) is 3.04. The smallest absolute Gasteiger partial charge is 0.195 e. The van der Waals surface area contributed by atoms with Crippen LogP contribution in [0.25, 0.3) is 0 Å². The molecule has 0 amide bonds. The lowest BCUT2D eigenvalue weighted by Crippen LogP contribution is -2.04. The molecule has 2 N–H and O–H groups in total. The van der Waals surface area contributed by atoms with Crippen LogP contribution in [0.2, 0.25) is 0 Å². The predicted molar refractivity (Wildman–Crippen MR) is 71.3 cm³/mol. The van der Waals surface area contributed by atoms with E-state index in [1.54, 1.807) is 0 Å². The van der Waals surface area contributed by atoms with Crippen LogP contribution >= 0.6 is 12.2 Å². The van der Waals surface area contributed by atoms with Gasteiger partial charge in [-0.05, 0) is 24.6 Å². The van der Waals surface area contributed by atoms with E-state index in [4.69, 9.17) is 17.3 Å². The lowest BCUT2D eigenvalue weighted by Gasteiger charge is -2.06. The number of nitrogens with zero attached hydrogens (tertiary/aromatic N) is 2. The van der Waals surface area contributed by atoms with Gasteiger partial charge in [0.2, 0.25) is 0 Å². The lowest BCUT2D eigenvalue weighted by molar-refractivity contribution is 0.263. The maximum absolute atomic E-state index is 9.08. The molecule has 1 rings (SSSR count). The van der Waals surface area contributed by atoms with E-state index in [-0.39, 0.29) is 6.61 Å². The number of hydrogen-bond donors (Lipinski definition) is 2. The van der Waals surface area contributed by atoms with Gasteiger partial charge in [-0.25, -0.2) is 0 Å². The summed E-state index contributed by atoms with van der Waals surface area (Å²) in [6.45, 7) is 5.32. The van der Waals surface area contributed by atoms with Crippen LogP contribution in [-0.2, 0) is 13.2 Å². The third kappa shape index (κ3) is 5.00. The summed E-state index contributed by atoms with van der Waals surface area (Å²) in [6, 6.07) is 0. The Morgan fingerprint density at radius 1 is 1.29 bits per heavy atom. The van der Waals surface area contributed by atoms with Crippen LogP contribution in [0.3, 0.4) is 0 Å². The van der Waals surface area contributed by atoms with E-state index in [2.05, 4.69) is 24.0 Å². The molecule has 17 heavy (non-hydrogen) atoms. The first-order valence-electron chi connectivity index (χ1n) is 6.40. The molecule has 1 aromatic heterocycles. The van der Waals surface area contributed by atoms with Crippen molar-refractivity contribution in [2.75, 3.05) is 0 Å². The van der Waals surface area contributed by atoms with Crippen LogP contribution in [0.1, 0.15) is 51.8 Å². The molecular weight excluding hydrogens is 234 g/mol. The molecule has 0 aliphatic carbocycles. The van der Waals surface area contributed by atoms with Crippen molar-refractivity contribution in [1.29, 1.82) is 0 Å². The molecule has 0 bridgehead atoms. The van der Waals surface area contributed by atoms with Crippen molar-refractivity contribution in [1.82, 2.24) is 14.8 Å². The number of unbranched alkanes of at least 4 members (excludes halogenated alkanes) is 3. The highest BCUT2D eigenvalue weighted by Gasteiger charge is 2.03. The van der Waals surface area contributed by atoms with Crippen molar-refractivity contribution in [2.45, 2.75) is 59.1 Å². The van der Waals surface area contributed by atoms with E-state index in [1.807, 2.05) is 4.57 Å². The molecule has 1 heterocycles. The number of H-pyrrole nitrogens is 1. The molecule has 0 aromatic carbocycles. The van der Waals surface area contributed by atoms with Gasteiger partial charge in [0, 0.05) is 6.54 Å². The first kappa shape index (κ1) is 14.4. The molecule has 0 spiro atoms. The molecule has 0 aliphatic heterocycles. The van der Waals surface area contributed by atoms with Gasteiger partial charge in [0.05, 0.1) is 0 Å². The Hall–Kier alpha value is -0.680. The van der Waals surface area contributed by atoms with Crippen LogP contribution in [0, 0.1) is 10.7 Å². The highest BCUT2D eigenvalue weighted by Crippen LogP contribution is 2.10. The fourth-order valence-electron chi connectivity index (χ4n) is 1.88. The van der Waals surface area contributed by atoms with E-state index in [0.717, 1.165) is 18.9 Å². The fraction of sp³-hybridized carbons (Fsp3) is 0.833. The van der Waals surface area contributed by atoms with Crippen molar-refractivity contribution < 1.29 is 5.11 Å². The molecule has 0 radical (unpaired) electrons. The Labute approximate surface area is 108 Å². The Morgan fingerprint density at radius 2 is 2.00 bits per heavy atom. The third-order valence-corrected chi connectivity index (χ3v) is 3.20. The lowest BCUT2D eigenvalue weighted by atomic mass is 10.0. The molecule has 0 unspecified atom stereocenters. The quantitative estimate of drug-likeness (QED) is 0.556. The zero-order valence-corrected chi connectivity index (χ0v) is 11.6. The maximum Gasteiger partial charge on any atom is 0.195 e. The van der Waals surface area contributed by atoms with Crippen molar-refractivity contribution in [3.05, 3.63) is 10.6 Å². The topological polar surface area (TPSA) is 53.8 Å². The van der Waals surface area contributed by atoms with Crippen molar-refractivity contribution in [3.8, 4) is 0 Å². The van der Waals surface area contributed by atoms with E-state index in [0.29, 0.717) is 10.6 Å².